The fourth-order valence-electron chi connectivity index (χ4n) is 1.95. The van der Waals surface area contributed by atoms with Crippen molar-refractivity contribution in [3.63, 3.8) is 0 Å². The van der Waals surface area contributed by atoms with Crippen molar-refractivity contribution in [3.8, 4) is 0 Å². The zero-order valence-corrected chi connectivity index (χ0v) is 13.5. The van der Waals surface area contributed by atoms with Crippen molar-refractivity contribution in [2.45, 2.75) is 5.75 Å². The summed E-state index contributed by atoms with van der Waals surface area (Å²) in [5.74, 6) is 2.55. The van der Waals surface area contributed by atoms with E-state index >= 15 is 0 Å². The summed E-state index contributed by atoms with van der Waals surface area (Å²) in [5, 5.41) is 11.8. The van der Waals surface area contributed by atoms with Crippen LogP contribution < -0.4 is 5.32 Å². The molecule has 0 spiro atoms. The summed E-state index contributed by atoms with van der Waals surface area (Å²) in [6.45, 7) is 0.784. The van der Waals surface area contributed by atoms with Crippen LogP contribution >= 0.6 is 23.4 Å². The normalized spacial score (nSPS) is 11.0. The quantitative estimate of drug-likeness (QED) is 0.546. The Bertz CT molecular complexity index is 776. The van der Waals surface area contributed by atoms with Gasteiger partial charge in [0.25, 0.3) is 0 Å². The number of hydrogen-bond acceptors (Lipinski definition) is 7. The summed E-state index contributed by atoms with van der Waals surface area (Å²) in [5.41, 5.74) is 2.58. The molecule has 0 saturated carbocycles. The highest BCUT2D eigenvalue weighted by atomic mass is 35.5. The van der Waals surface area contributed by atoms with Crippen LogP contribution in [-0.4, -0.2) is 42.2 Å². The van der Waals surface area contributed by atoms with Crippen molar-refractivity contribution in [1.82, 2.24) is 29.9 Å². The first kappa shape index (κ1) is 15.0. The van der Waals surface area contributed by atoms with Gasteiger partial charge in [-0.2, -0.15) is 11.8 Å². The molecule has 22 heavy (non-hydrogen) atoms. The van der Waals surface area contributed by atoms with E-state index in [-0.39, 0.29) is 0 Å². The van der Waals surface area contributed by atoms with E-state index < -0.39 is 0 Å². The highest BCUT2D eigenvalue weighted by Crippen LogP contribution is 2.17. The lowest BCUT2D eigenvalue weighted by molar-refractivity contribution is 0.729. The van der Waals surface area contributed by atoms with Gasteiger partial charge in [-0.05, 0) is 17.7 Å². The van der Waals surface area contributed by atoms with Crippen molar-refractivity contribution in [1.29, 1.82) is 0 Å². The summed E-state index contributed by atoms with van der Waals surface area (Å²) < 4.78 is 1.63. The van der Waals surface area contributed by atoms with Gasteiger partial charge < -0.3 is 5.32 Å². The van der Waals surface area contributed by atoms with Gasteiger partial charge in [0.2, 0.25) is 0 Å². The van der Waals surface area contributed by atoms with Gasteiger partial charge in [0.1, 0.15) is 11.5 Å². The number of nitrogens with one attached hydrogen (secondary N) is 1. The predicted octanol–water partition coefficient (Wildman–Crippen LogP) is 2.15. The van der Waals surface area contributed by atoms with Gasteiger partial charge in [0, 0.05) is 31.3 Å². The number of hydrogen-bond donors (Lipinski definition) is 1. The number of aromatic nitrogens is 6. The Morgan fingerprint density at radius 3 is 3.09 bits per heavy atom. The number of thioether (sulfide) groups is 1. The molecule has 0 amide bonds. The Kier molecular flexibility index (Phi) is 4.69. The van der Waals surface area contributed by atoms with Crippen LogP contribution in [0.25, 0.3) is 11.2 Å². The van der Waals surface area contributed by atoms with Crippen LogP contribution in [0.15, 0.2) is 24.7 Å². The zero-order valence-electron chi connectivity index (χ0n) is 11.9. The van der Waals surface area contributed by atoms with Crippen molar-refractivity contribution in [2.24, 2.45) is 7.05 Å². The monoisotopic (exact) mass is 335 g/mol. The molecule has 0 aliphatic carbocycles. The van der Waals surface area contributed by atoms with E-state index in [0.29, 0.717) is 16.5 Å². The maximum absolute atomic E-state index is 5.86. The number of rotatable bonds is 6. The Balaban J connectivity index is 1.50. The molecular weight excluding hydrogens is 322 g/mol. The molecule has 114 valence electrons. The fourth-order valence-corrected chi connectivity index (χ4v) is 2.95. The maximum Gasteiger partial charge on any atom is 0.183 e. The molecule has 0 aromatic carbocycles. The molecule has 1 N–H and O–H groups in total. The first-order valence-corrected chi connectivity index (χ1v) is 8.20. The molecule has 0 aliphatic heterocycles. The fraction of sp³-hybridized carbons (Fsp3) is 0.308. The number of aryl methyl sites for hydroxylation is 1. The van der Waals surface area contributed by atoms with E-state index in [1.807, 2.05) is 30.9 Å². The zero-order chi connectivity index (χ0) is 15.4. The third kappa shape index (κ3) is 3.45. The van der Waals surface area contributed by atoms with Crippen LogP contribution in [0.1, 0.15) is 5.56 Å². The van der Waals surface area contributed by atoms with E-state index in [2.05, 4.69) is 30.6 Å². The summed E-state index contributed by atoms with van der Waals surface area (Å²) in [6, 6.07) is 3.86. The van der Waals surface area contributed by atoms with Crippen molar-refractivity contribution in [3.05, 3.63) is 35.4 Å². The lowest BCUT2D eigenvalue weighted by Crippen LogP contribution is -2.07. The highest BCUT2D eigenvalue weighted by Gasteiger charge is 2.08. The molecule has 7 nitrogen and oxygen atoms in total. The summed E-state index contributed by atoms with van der Waals surface area (Å²) in [4.78, 5) is 12.3. The van der Waals surface area contributed by atoms with E-state index in [1.54, 1.807) is 10.9 Å². The van der Waals surface area contributed by atoms with Gasteiger partial charge in [-0.25, -0.2) is 19.6 Å². The SMILES string of the molecule is Cn1nnc2c(NCCSCc3ccnc(Cl)c3)ncnc21. The minimum absolute atomic E-state index is 0.530. The first-order chi connectivity index (χ1) is 10.7. The van der Waals surface area contributed by atoms with Gasteiger partial charge >= 0.3 is 0 Å². The largest absolute Gasteiger partial charge is 0.367 e. The van der Waals surface area contributed by atoms with Crippen LogP contribution in [0.3, 0.4) is 0 Å². The Morgan fingerprint density at radius 1 is 1.32 bits per heavy atom. The van der Waals surface area contributed by atoms with Crippen molar-refractivity contribution in [2.75, 3.05) is 17.6 Å². The highest BCUT2D eigenvalue weighted by molar-refractivity contribution is 7.98. The third-order valence-electron chi connectivity index (χ3n) is 2.99. The Hall–Kier alpha value is -1.93. The Morgan fingerprint density at radius 2 is 2.23 bits per heavy atom. The van der Waals surface area contributed by atoms with Gasteiger partial charge in [-0.1, -0.05) is 16.8 Å². The molecule has 0 radical (unpaired) electrons. The van der Waals surface area contributed by atoms with E-state index in [0.717, 1.165) is 23.7 Å². The molecule has 9 heteroatoms. The lowest BCUT2D eigenvalue weighted by atomic mass is 10.3. The molecule has 3 aromatic heterocycles. The molecule has 0 unspecified atom stereocenters. The molecule has 3 rings (SSSR count). The number of anilines is 1. The van der Waals surface area contributed by atoms with Gasteiger partial charge in [-0.3, -0.25) is 0 Å². The summed E-state index contributed by atoms with van der Waals surface area (Å²) in [6.07, 6.45) is 3.24. The van der Waals surface area contributed by atoms with Gasteiger partial charge in [0.15, 0.2) is 17.0 Å². The van der Waals surface area contributed by atoms with Crippen LogP contribution in [0.5, 0.6) is 0 Å². The number of nitrogens with zero attached hydrogens (tertiary/aromatic N) is 6. The second kappa shape index (κ2) is 6.89. The third-order valence-corrected chi connectivity index (χ3v) is 4.22. The minimum atomic E-state index is 0.530. The smallest absolute Gasteiger partial charge is 0.183 e. The predicted molar refractivity (Wildman–Crippen MR) is 88.0 cm³/mol. The summed E-state index contributed by atoms with van der Waals surface area (Å²) in [7, 11) is 1.81. The van der Waals surface area contributed by atoms with Crippen LogP contribution in [-0.2, 0) is 12.8 Å². The van der Waals surface area contributed by atoms with Crippen molar-refractivity contribution >= 4 is 40.3 Å². The number of pyridine rings is 1. The van der Waals surface area contributed by atoms with E-state index in [1.165, 1.54) is 11.9 Å². The molecule has 0 bridgehead atoms. The molecule has 3 heterocycles. The average Bonchev–Trinajstić information content (AvgIpc) is 2.90. The molecular formula is C13H14ClN7S. The molecule has 0 fully saturated rings. The van der Waals surface area contributed by atoms with E-state index in [4.69, 9.17) is 11.6 Å². The van der Waals surface area contributed by atoms with Crippen LogP contribution in [0.4, 0.5) is 5.82 Å². The first-order valence-electron chi connectivity index (χ1n) is 6.66. The molecule has 0 atom stereocenters. The van der Waals surface area contributed by atoms with Gasteiger partial charge in [-0.15, -0.1) is 5.10 Å². The topological polar surface area (TPSA) is 81.4 Å². The standard InChI is InChI=1S/C13H14ClN7S/c1-21-13-11(19-20-21)12(17-8-18-13)16-4-5-22-7-9-2-3-15-10(14)6-9/h2-3,6,8H,4-5,7H2,1H3,(H,16,17,18). The maximum atomic E-state index is 5.86. The van der Waals surface area contributed by atoms with Crippen molar-refractivity contribution < 1.29 is 0 Å². The van der Waals surface area contributed by atoms with Crippen LogP contribution in [0, 0.1) is 0 Å². The Labute approximate surface area is 136 Å². The van der Waals surface area contributed by atoms with Gasteiger partial charge in [0.05, 0.1) is 0 Å². The second-order valence-electron chi connectivity index (χ2n) is 4.57. The minimum Gasteiger partial charge on any atom is -0.367 e. The summed E-state index contributed by atoms with van der Waals surface area (Å²) >= 11 is 7.67. The van der Waals surface area contributed by atoms with E-state index in [9.17, 15) is 0 Å². The average molecular weight is 336 g/mol. The lowest BCUT2D eigenvalue weighted by Gasteiger charge is -2.05. The number of halogens is 1. The molecule has 0 aliphatic rings. The molecule has 0 saturated heterocycles. The second-order valence-corrected chi connectivity index (χ2v) is 6.07. The molecule has 3 aromatic rings. The van der Waals surface area contributed by atoms with Crippen LogP contribution in [0.2, 0.25) is 5.15 Å². The number of fused-ring (bicyclic) bond motifs is 1.